The molecule has 0 spiro atoms. The molecule has 0 unspecified atom stereocenters. The van der Waals surface area contributed by atoms with Crippen LogP contribution in [0.3, 0.4) is 0 Å². The van der Waals surface area contributed by atoms with E-state index in [1.54, 1.807) is 18.2 Å². The molecule has 0 aliphatic carbocycles. The van der Waals surface area contributed by atoms with Gasteiger partial charge in [0.25, 0.3) is 0 Å². The normalized spacial score (nSPS) is 10.3. The number of unbranched alkanes of at least 4 members (excludes halogenated alkanes) is 1. The van der Waals surface area contributed by atoms with Gasteiger partial charge in [0, 0.05) is 11.6 Å². The van der Waals surface area contributed by atoms with Crippen LogP contribution in [0.15, 0.2) is 18.2 Å². The van der Waals surface area contributed by atoms with Crippen molar-refractivity contribution in [3.05, 3.63) is 28.8 Å². The number of nitrogens with two attached hydrogens (primary N) is 1. The highest BCUT2D eigenvalue weighted by Gasteiger charge is 2.07. The van der Waals surface area contributed by atoms with Gasteiger partial charge in [0.05, 0.1) is 12.2 Å². The molecular weight excluding hydrogens is 270 g/mol. The Hall–Kier alpha value is -0.840. The van der Waals surface area contributed by atoms with Crippen LogP contribution in [0, 0.1) is 0 Å². The molecule has 0 radical (unpaired) electrons. The van der Waals surface area contributed by atoms with Gasteiger partial charge < -0.3 is 15.2 Å². The molecule has 0 aliphatic heterocycles. The van der Waals surface area contributed by atoms with E-state index in [0.717, 1.165) is 19.4 Å². The van der Waals surface area contributed by atoms with E-state index in [1.807, 2.05) is 0 Å². The molecule has 0 heterocycles. The Kier molecular flexibility index (Phi) is 7.01. The minimum atomic E-state index is 0.300. The molecule has 1 rings (SSSR count). The highest BCUT2D eigenvalue weighted by molar-refractivity contribution is 7.80. The van der Waals surface area contributed by atoms with E-state index < -0.39 is 0 Å². The SMILES string of the molecule is CCCCOCCOc1cc(Cl)ccc1C(N)=S. The van der Waals surface area contributed by atoms with Crippen molar-refractivity contribution in [2.45, 2.75) is 19.8 Å². The highest BCUT2D eigenvalue weighted by atomic mass is 35.5. The fraction of sp³-hybridized carbons (Fsp3) is 0.462. The summed E-state index contributed by atoms with van der Waals surface area (Å²) in [6.07, 6.45) is 2.19. The maximum absolute atomic E-state index is 5.91. The van der Waals surface area contributed by atoms with Crippen molar-refractivity contribution in [1.29, 1.82) is 0 Å². The first-order valence-electron chi connectivity index (χ1n) is 5.95. The average molecular weight is 288 g/mol. The third-order valence-corrected chi connectivity index (χ3v) is 2.79. The summed E-state index contributed by atoms with van der Waals surface area (Å²) in [5, 5.41) is 0.594. The number of hydrogen-bond acceptors (Lipinski definition) is 3. The second-order valence-electron chi connectivity index (χ2n) is 3.82. The molecule has 2 N–H and O–H groups in total. The zero-order chi connectivity index (χ0) is 13.4. The molecule has 0 atom stereocenters. The van der Waals surface area contributed by atoms with Gasteiger partial charge in [-0.3, -0.25) is 0 Å². The van der Waals surface area contributed by atoms with E-state index in [4.69, 9.17) is 39.0 Å². The summed E-state index contributed by atoms with van der Waals surface area (Å²) in [5.41, 5.74) is 6.31. The van der Waals surface area contributed by atoms with Crippen molar-refractivity contribution >= 4 is 28.8 Å². The van der Waals surface area contributed by atoms with Crippen molar-refractivity contribution in [2.75, 3.05) is 19.8 Å². The molecule has 0 amide bonds. The minimum absolute atomic E-state index is 0.300. The van der Waals surface area contributed by atoms with Gasteiger partial charge in [-0.25, -0.2) is 0 Å². The smallest absolute Gasteiger partial charge is 0.131 e. The van der Waals surface area contributed by atoms with Gasteiger partial charge in [-0.1, -0.05) is 37.2 Å². The largest absolute Gasteiger partial charge is 0.490 e. The lowest BCUT2D eigenvalue weighted by molar-refractivity contribution is 0.0980. The number of benzene rings is 1. The summed E-state index contributed by atoms with van der Waals surface area (Å²) < 4.78 is 11.0. The average Bonchev–Trinajstić information content (AvgIpc) is 2.33. The number of halogens is 1. The van der Waals surface area contributed by atoms with Crippen LogP contribution in [-0.4, -0.2) is 24.8 Å². The maximum atomic E-state index is 5.91. The third-order valence-electron chi connectivity index (χ3n) is 2.34. The summed E-state index contributed by atoms with van der Waals surface area (Å²) in [4.78, 5) is 0.300. The van der Waals surface area contributed by atoms with Crippen LogP contribution < -0.4 is 10.5 Å². The zero-order valence-electron chi connectivity index (χ0n) is 10.4. The second-order valence-corrected chi connectivity index (χ2v) is 4.70. The van der Waals surface area contributed by atoms with Crippen molar-refractivity contribution in [3.8, 4) is 5.75 Å². The molecule has 3 nitrogen and oxygen atoms in total. The van der Waals surface area contributed by atoms with Gasteiger partial charge in [-0.05, 0) is 24.6 Å². The van der Waals surface area contributed by atoms with E-state index >= 15 is 0 Å². The van der Waals surface area contributed by atoms with Crippen LogP contribution in [0.25, 0.3) is 0 Å². The Morgan fingerprint density at radius 2 is 2.11 bits per heavy atom. The molecule has 100 valence electrons. The van der Waals surface area contributed by atoms with Crippen LogP contribution in [0.1, 0.15) is 25.3 Å². The lowest BCUT2D eigenvalue weighted by atomic mass is 10.2. The van der Waals surface area contributed by atoms with Gasteiger partial charge in [-0.15, -0.1) is 0 Å². The molecule has 0 fully saturated rings. The molecule has 1 aromatic carbocycles. The number of ether oxygens (including phenoxy) is 2. The van der Waals surface area contributed by atoms with Crippen molar-refractivity contribution < 1.29 is 9.47 Å². The molecule has 0 saturated heterocycles. The first-order chi connectivity index (χ1) is 8.65. The Bertz CT molecular complexity index is 399. The summed E-state index contributed by atoms with van der Waals surface area (Å²) in [6, 6.07) is 5.21. The number of thiocarbonyl (C=S) groups is 1. The molecule has 0 aromatic heterocycles. The predicted octanol–water partition coefficient (Wildman–Crippen LogP) is 3.17. The van der Waals surface area contributed by atoms with Crippen LogP contribution in [-0.2, 0) is 4.74 Å². The first-order valence-corrected chi connectivity index (χ1v) is 6.73. The summed E-state index contributed by atoms with van der Waals surface area (Å²) in [7, 11) is 0. The van der Waals surface area contributed by atoms with E-state index in [-0.39, 0.29) is 0 Å². The number of rotatable bonds is 8. The van der Waals surface area contributed by atoms with E-state index in [0.29, 0.717) is 34.5 Å². The quantitative estimate of drug-likeness (QED) is 0.589. The first kappa shape index (κ1) is 15.2. The van der Waals surface area contributed by atoms with Gasteiger partial charge in [0.15, 0.2) is 0 Å². The standard InChI is InChI=1S/C13H18ClNO2S/c1-2-3-6-16-7-8-17-12-9-10(14)4-5-11(12)13(15)18/h4-5,9H,2-3,6-8H2,1H3,(H2,15,18). The summed E-state index contributed by atoms with van der Waals surface area (Å²) in [6.45, 7) is 3.89. The van der Waals surface area contributed by atoms with Crippen molar-refractivity contribution in [2.24, 2.45) is 5.73 Å². The molecular formula is C13H18ClNO2S. The molecule has 0 bridgehead atoms. The Morgan fingerprint density at radius 1 is 1.33 bits per heavy atom. The summed E-state index contributed by atoms with van der Waals surface area (Å²) in [5.74, 6) is 0.606. The van der Waals surface area contributed by atoms with E-state index in [9.17, 15) is 0 Å². The van der Waals surface area contributed by atoms with Gasteiger partial charge >= 0.3 is 0 Å². The Morgan fingerprint density at radius 3 is 2.78 bits per heavy atom. The Labute approximate surface area is 118 Å². The van der Waals surface area contributed by atoms with E-state index in [1.165, 1.54) is 0 Å². The van der Waals surface area contributed by atoms with E-state index in [2.05, 4.69) is 6.92 Å². The molecule has 0 aliphatic rings. The van der Waals surface area contributed by atoms with Crippen LogP contribution >= 0.6 is 23.8 Å². The molecule has 0 saturated carbocycles. The molecule has 1 aromatic rings. The third kappa shape index (κ3) is 5.21. The highest BCUT2D eigenvalue weighted by Crippen LogP contribution is 2.23. The molecule has 5 heteroatoms. The number of hydrogen-bond donors (Lipinski definition) is 1. The maximum Gasteiger partial charge on any atom is 0.131 e. The fourth-order valence-corrected chi connectivity index (χ4v) is 1.71. The van der Waals surface area contributed by atoms with Crippen LogP contribution in [0.4, 0.5) is 0 Å². The Balaban J connectivity index is 2.45. The monoisotopic (exact) mass is 287 g/mol. The summed E-state index contributed by atoms with van der Waals surface area (Å²) >= 11 is 10.9. The fourth-order valence-electron chi connectivity index (χ4n) is 1.38. The van der Waals surface area contributed by atoms with Crippen molar-refractivity contribution in [1.82, 2.24) is 0 Å². The van der Waals surface area contributed by atoms with Gasteiger partial charge in [0.2, 0.25) is 0 Å². The van der Waals surface area contributed by atoms with Crippen LogP contribution in [0.5, 0.6) is 5.75 Å². The van der Waals surface area contributed by atoms with Crippen molar-refractivity contribution in [3.63, 3.8) is 0 Å². The second kappa shape index (κ2) is 8.29. The molecule has 18 heavy (non-hydrogen) atoms. The zero-order valence-corrected chi connectivity index (χ0v) is 12.0. The topological polar surface area (TPSA) is 44.5 Å². The van der Waals surface area contributed by atoms with Gasteiger partial charge in [0.1, 0.15) is 17.3 Å². The van der Waals surface area contributed by atoms with Gasteiger partial charge in [-0.2, -0.15) is 0 Å². The predicted molar refractivity (Wildman–Crippen MR) is 78.6 cm³/mol. The minimum Gasteiger partial charge on any atom is -0.490 e. The lowest BCUT2D eigenvalue weighted by Crippen LogP contribution is -2.14. The lowest BCUT2D eigenvalue weighted by Gasteiger charge is -2.11. The van der Waals surface area contributed by atoms with Crippen LogP contribution in [0.2, 0.25) is 5.02 Å².